The lowest BCUT2D eigenvalue weighted by molar-refractivity contribution is -0.133. The van der Waals surface area contributed by atoms with E-state index in [0.717, 1.165) is 35.2 Å². The quantitative estimate of drug-likeness (QED) is 0.237. The molecule has 0 radical (unpaired) electrons. The summed E-state index contributed by atoms with van der Waals surface area (Å²) in [6.45, 7) is 5.34. The van der Waals surface area contributed by atoms with E-state index in [1.165, 1.54) is 11.3 Å². The molecule has 3 rings (SSSR count). The third-order valence-corrected chi connectivity index (χ3v) is 6.63. The number of amides is 3. The fourth-order valence-electron chi connectivity index (χ4n) is 3.86. The molecule has 0 bridgehead atoms. The van der Waals surface area contributed by atoms with Crippen LogP contribution in [0.3, 0.4) is 0 Å². The third-order valence-electron chi connectivity index (χ3n) is 5.68. The van der Waals surface area contributed by atoms with Crippen molar-refractivity contribution in [1.82, 2.24) is 20.3 Å². The van der Waals surface area contributed by atoms with E-state index >= 15 is 0 Å². The van der Waals surface area contributed by atoms with Gasteiger partial charge in [0.1, 0.15) is 5.75 Å². The summed E-state index contributed by atoms with van der Waals surface area (Å²) in [6.07, 6.45) is 4.02. The van der Waals surface area contributed by atoms with E-state index in [-0.39, 0.29) is 24.3 Å². The Bertz CT molecular complexity index is 974. The molecule has 0 saturated carbocycles. The maximum atomic E-state index is 12.5. The summed E-state index contributed by atoms with van der Waals surface area (Å²) in [5, 5.41) is 11.9. The summed E-state index contributed by atoms with van der Waals surface area (Å²) in [4.78, 5) is 44.3. The van der Waals surface area contributed by atoms with Crippen LogP contribution in [-0.4, -0.2) is 77.0 Å². The zero-order valence-electron chi connectivity index (χ0n) is 19.5. The minimum atomic E-state index is -0.376. The Morgan fingerprint density at radius 2 is 1.79 bits per heavy atom. The Labute approximate surface area is 203 Å². The summed E-state index contributed by atoms with van der Waals surface area (Å²) in [5.41, 5.74) is 2.42. The fourth-order valence-corrected chi connectivity index (χ4v) is 4.73. The van der Waals surface area contributed by atoms with Gasteiger partial charge in [0.05, 0.1) is 23.4 Å². The number of anilines is 1. The highest BCUT2D eigenvalue weighted by Gasteiger charge is 2.22. The van der Waals surface area contributed by atoms with Crippen LogP contribution in [0.2, 0.25) is 0 Å². The Hall–Kier alpha value is -2.76. The average molecular weight is 492 g/mol. The molecule has 1 aliphatic heterocycles. The number of nitrogens with zero attached hydrogens (tertiary/aromatic N) is 3. The molecule has 3 N–H and O–H groups in total. The number of benzene rings is 1. The first-order chi connectivity index (χ1) is 16.5. The minimum absolute atomic E-state index is 0.112. The molecule has 1 aromatic heterocycles. The van der Waals surface area contributed by atoms with Crippen LogP contribution < -0.4 is 15.5 Å². The first kappa shape index (κ1) is 25.9. The second kappa shape index (κ2) is 13.2. The number of unbranched alkanes of at least 4 members (excludes halogenated alkanes) is 3. The van der Waals surface area contributed by atoms with E-state index in [2.05, 4.69) is 10.3 Å². The molecule has 3 amide bonds. The number of fused-ring (bicyclic) bond motifs is 1. The summed E-state index contributed by atoms with van der Waals surface area (Å²) in [6, 6.07) is 5.71. The van der Waals surface area contributed by atoms with Crippen LogP contribution in [0.25, 0.3) is 10.2 Å². The number of rotatable bonds is 12. The lowest BCUT2D eigenvalue weighted by Gasteiger charge is -2.34. The third kappa shape index (κ3) is 7.93. The molecule has 2 heterocycles. The van der Waals surface area contributed by atoms with E-state index in [1.54, 1.807) is 5.48 Å². The van der Waals surface area contributed by atoms with Crippen LogP contribution in [0.15, 0.2) is 18.2 Å². The summed E-state index contributed by atoms with van der Waals surface area (Å²) < 4.78 is 6.49. The summed E-state index contributed by atoms with van der Waals surface area (Å²) in [7, 11) is 0. The number of ether oxygens (including phenoxy) is 1. The van der Waals surface area contributed by atoms with Gasteiger partial charge in [0.2, 0.25) is 17.7 Å². The first-order valence-electron chi connectivity index (χ1n) is 11.7. The number of carbonyl (C=O) groups excluding carboxylic acids is 3. The molecule has 34 heavy (non-hydrogen) atoms. The monoisotopic (exact) mass is 491 g/mol. The maximum absolute atomic E-state index is 12.5. The lowest BCUT2D eigenvalue weighted by atomic mass is 10.1. The highest BCUT2D eigenvalue weighted by molar-refractivity contribution is 7.22. The van der Waals surface area contributed by atoms with Crippen molar-refractivity contribution in [3.05, 3.63) is 18.2 Å². The van der Waals surface area contributed by atoms with Crippen LogP contribution in [0.1, 0.15) is 45.4 Å². The molecular formula is C23H33N5O5S. The highest BCUT2D eigenvalue weighted by atomic mass is 32.1. The number of nitrogens with one attached hydrogen (secondary N) is 2. The van der Waals surface area contributed by atoms with Gasteiger partial charge >= 0.3 is 0 Å². The van der Waals surface area contributed by atoms with Crippen LogP contribution in [0.4, 0.5) is 5.13 Å². The number of hydroxylamine groups is 1. The predicted octanol–water partition coefficient (Wildman–Crippen LogP) is 2.62. The van der Waals surface area contributed by atoms with Gasteiger partial charge in [-0.05, 0) is 31.9 Å². The molecule has 0 unspecified atom stereocenters. The molecule has 1 aliphatic rings. The number of hydrogen-bond acceptors (Lipinski definition) is 8. The number of carbonyl (C=O) groups is 3. The van der Waals surface area contributed by atoms with Crippen LogP contribution in [0.5, 0.6) is 5.75 Å². The van der Waals surface area contributed by atoms with Crippen LogP contribution >= 0.6 is 11.3 Å². The standard InChI is InChI=1S/C23H33N5O5S/c1-2-33-17-9-10-19-18(15-17)24-23(34-19)25-21(30)16-27-11-13-28(14-12-27)22(31)8-6-4-3-5-7-20(29)26-32/h9-10,15,32H,2-8,11-14,16H2,1H3,(H,26,29)(H,24,25,30). The molecule has 1 aromatic carbocycles. The summed E-state index contributed by atoms with van der Waals surface area (Å²) in [5.74, 6) is 0.410. The number of thiazole rings is 1. The zero-order chi connectivity index (χ0) is 24.3. The Balaban J connectivity index is 1.33. The van der Waals surface area contributed by atoms with Crippen molar-refractivity contribution >= 4 is 44.4 Å². The Morgan fingerprint density at radius 3 is 2.50 bits per heavy atom. The molecule has 10 nitrogen and oxygen atoms in total. The number of hydrogen-bond donors (Lipinski definition) is 3. The SMILES string of the molecule is CCOc1ccc2sc(NC(=O)CN3CCN(C(=O)CCCCCCC(=O)NO)CC3)nc2c1. The van der Waals surface area contributed by atoms with E-state index < -0.39 is 0 Å². The van der Waals surface area contributed by atoms with E-state index in [0.29, 0.717) is 57.2 Å². The van der Waals surface area contributed by atoms with Gasteiger partial charge in [-0.1, -0.05) is 24.2 Å². The molecule has 186 valence electrons. The zero-order valence-corrected chi connectivity index (χ0v) is 20.4. The van der Waals surface area contributed by atoms with Crippen molar-refractivity contribution in [2.45, 2.75) is 45.4 Å². The molecule has 0 spiro atoms. The summed E-state index contributed by atoms with van der Waals surface area (Å²) >= 11 is 1.43. The largest absolute Gasteiger partial charge is 0.494 e. The van der Waals surface area contributed by atoms with Crippen LogP contribution in [0, 0.1) is 0 Å². The van der Waals surface area contributed by atoms with Gasteiger partial charge in [0.15, 0.2) is 5.13 Å². The Kier molecular flexibility index (Phi) is 10.0. The van der Waals surface area contributed by atoms with Crippen LogP contribution in [-0.2, 0) is 14.4 Å². The van der Waals surface area contributed by atoms with Gasteiger partial charge in [-0.2, -0.15) is 0 Å². The molecule has 11 heteroatoms. The van der Waals surface area contributed by atoms with E-state index in [4.69, 9.17) is 9.94 Å². The average Bonchev–Trinajstić information content (AvgIpc) is 3.22. The van der Waals surface area contributed by atoms with Crippen molar-refractivity contribution in [3.8, 4) is 5.75 Å². The smallest absolute Gasteiger partial charge is 0.243 e. The molecule has 1 saturated heterocycles. The van der Waals surface area contributed by atoms with Crippen molar-refractivity contribution in [3.63, 3.8) is 0 Å². The second-order valence-corrected chi connectivity index (χ2v) is 9.27. The topological polar surface area (TPSA) is 124 Å². The molecular weight excluding hydrogens is 458 g/mol. The normalized spacial score (nSPS) is 14.2. The van der Waals surface area contributed by atoms with Gasteiger partial charge in [-0.3, -0.25) is 24.5 Å². The second-order valence-electron chi connectivity index (χ2n) is 8.24. The number of aromatic nitrogens is 1. The van der Waals surface area contributed by atoms with Gasteiger partial charge < -0.3 is 15.0 Å². The molecule has 1 fully saturated rings. The minimum Gasteiger partial charge on any atom is -0.494 e. The molecule has 0 aliphatic carbocycles. The van der Waals surface area contributed by atoms with Gasteiger partial charge in [-0.15, -0.1) is 0 Å². The van der Waals surface area contributed by atoms with Gasteiger partial charge in [0.25, 0.3) is 0 Å². The lowest BCUT2D eigenvalue weighted by Crippen LogP contribution is -2.50. The van der Waals surface area contributed by atoms with Crippen molar-refractivity contribution in [2.75, 3.05) is 44.6 Å². The molecule has 0 atom stereocenters. The molecule has 2 aromatic rings. The van der Waals surface area contributed by atoms with Crippen molar-refractivity contribution in [2.24, 2.45) is 0 Å². The maximum Gasteiger partial charge on any atom is 0.243 e. The Morgan fingerprint density at radius 1 is 1.06 bits per heavy atom. The first-order valence-corrected chi connectivity index (χ1v) is 12.6. The van der Waals surface area contributed by atoms with Gasteiger partial charge in [-0.25, -0.2) is 10.5 Å². The van der Waals surface area contributed by atoms with Crippen molar-refractivity contribution < 1.29 is 24.3 Å². The number of piperazine rings is 1. The fraction of sp³-hybridized carbons (Fsp3) is 0.565. The predicted molar refractivity (Wildman–Crippen MR) is 130 cm³/mol. The van der Waals surface area contributed by atoms with Crippen molar-refractivity contribution in [1.29, 1.82) is 0 Å². The van der Waals surface area contributed by atoms with E-state index in [9.17, 15) is 14.4 Å². The highest BCUT2D eigenvalue weighted by Crippen LogP contribution is 2.29. The van der Waals surface area contributed by atoms with E-state index in [1.807, 2.05) is 34.9 Å². The van der Waals surface area contributed by atoms with Gasteiger partial charge in [0, 0.05) is 45.1 Å².